The fourth-order valence-corrected chi connectivity index (χ4v) is 1.12. The molecule has 1 amide bonds. The van der Waals surface area contributed by atoms with Gasteiger partial charge < -0.3 is 16.5 Å². The van der Waals surface area contributed by atoms with Gasteiger partial charge in [-0.3, -0.25) is 4.79 Å². The predicted octanol–water partition coefficient (Wildman–Crippen LogP) is 0.0295. The predicted molar refractivity (Wildman–Crippen MR) is 58.3 cm³/mol. The smallest absolute Gasteiger partial charge is 0.239 e. The first-order chi connectivity index (χ1) is 5.75. The number of rotatable bonds is 3. The van der Waals surface area contributed by atoms with Gasteiger partial charge in [-0.15, -0.1) is 12.4 Å². The van der Waals surface area contributed by atoms with Crippen LogP contribution < -0.4 is 11.1 Å². The van der Waals surface area contributed by atoms with Crippen molar-refractivity contribution in [1.82, 2.24) is 5.32 Å². The molecule has 5 N–H and O–H groups in total. The lowest BCUT2D eigenvalue weighted by Crippen LogP contribution is -2.31. The lowest BCUT2D eigenvalue weighted by molar-refractivity contribution is -0.120. The number of halogens is 1. The minimum atomic E-state index is -0.383. The number of hydrogen-bond acceptors (Lipinski definition) is 2. The lowest BCUT2D eigenvalue weighted by Gasteiger charge is -2.11. The Kier molecular flexibility index (Phi) is 8.04. The van der Waals surface area contributed by atoms with Crippen LogP contribution in [0.4, 0.5) is 0 Å². The van der Waals surface area contributed by atoms with E-state index in [2.05, 4.69) is 5.32 Å². The monoisotopic (exact) mass is 218 g/mol. The van der Waals surface area contributed by atoms with Crippen molar-refractivity contribution in [2.75, 3.05) is 7.05 Å². The molecule has 0 aliphatic heterocycles. The van der Waals surface area contributed by atoms with Crippen LogP contribution in [-0.4, -0.2) is 18.4 Å². The Bertz CT molecular complexity index is 267. The van der Waals surface area contributed by atoms with E-state index >= 15 is 0 Å². The Hall–Kier alpha value is -1.10. The number of amides is 1. The molecule has 0 radical (unpaired) electrons. The number of carbonyl (C=O) groups excluding carboxylic acids is 1. The van der Waals surface area contributed by atoms with Gasteiger partial charge in [0.05, 0.1) is 0 Å². The van der Waals surface area contributed by atoms with E-state index in [0.717, 1.165) is 5.56 Å². The van der Waals surface area contributed by atoms with Crippen molar-refractivity contribution in [1.29, 1.82) is 0 Å². The summed E-state index contributed by atoms with van der Waals surface area (Å²) in [5.41, 5.74) is 6.07. The molecule has 80 valence electrons. The van der Waals surface area contributed by atoms with Gasteiger partial charge >= 0.3 is 0 Å². The Balaban J connectivity index is 0. The summed E-state index contributed by atoms with van der Waals surface area (Å²) in [7, 11) is 1.71. The first-order valence-corrected chi connectivity index (χ1v) is 3.77. The van der Waals surface area contributed by atoms with E-state index in [1.807, 2.05) is 30.3 Å². The van der Waals surface area contributed by atoms with Gasteiger partial charge in [0, 0.05) is 0 Å². The van der Waals surface area contributed by atoms with Crippen molar-refractivity contribution in [2.24, 2.45) is 5.73 Å². The summed E-state index contributed by atoms with van der Waals surface area (Å²) >= 11 is 0. The Morgan fingerprint density at radius 2 is 1.86 bits per heavy atom. The molecule has 1 unspecified atom stereocenters. The van der Waals surface area contributed by atoms with Gasteiger partial charge in [-0.25, -0.2) is 0 Å². The Morgan fingerprint density at radius 3 is 2.21 bits per heavy atom. The number of primary amides is 1. The summed E-state index contributed by atoms with van der Waals surface area (Å²) in [6.07, 6.45) is 0. The van der Waals surface area contributed by atoms with Gasteiger partial charge in [0.25, 0.3) is 0 Å². The van der Waals surface area contributed by atoms with Gasteiger partial charge in [-0.2, -0.15) is 0 Å². The van der Waals surface area contributed by atoms with Crippen molar-refractivity contribution in [2.45, 2.75) is 6.04 Å². The van der Waals surface area contributed by atoms with E-state index in [1.165, 1.54) is 0 Å². The van der Waals surface area contributed by atoms with Crippen LogP contribution in [-0.2, 0) is 4.79 Å². The third-order valence-corrected chi connectivity index (χ3v) is 1.71. The maximum absolute atomic E-state index is 10.9. The highest BCUT2D eigenvalue weighted by atomic mass is 35.5. The summed E-state index contributed by atoms with van der Waals surface area (Å²) in [6.45, 7) is 0. The van der Waals surface area contributed by atoms with Gasteiger partial charge in [0.15, 0.2) is 0 Å². The van der Waals surface area contributed by atoms with Crippen molar-refractivity contribution in [3.63, 3.8) is 0 Å². The number of hydrogen-bond donors (Lipinski definition) is 2. The molecule has 1 aromatic carbocycles. The number of nitrogens with two attached hydrogens (primary N) is 1. The minimum absolute atomic E-state index is 0. The quantitative estimate of drug-likeness (QED) is 0.750. The molecular weight excluding hydrogens is 204 g/mol. The van der Waals surface area contributed by atoms with Gasteiger partial charge in [0.1, 0.15) is 6.04 Å². The SMILES string of the molecule is CNC(C(N)=O)c1ccccc1.Cl.O. The molecule has 0 fully saturated rings. The van der Waals surface area contributed by atoms with Crippen LogP contribution >= 0.6 is 12.4 Å². The zero-order valence-electron chi connectivity index (χ0n) is 7.86. The molecule has 1 atom stereocenters. The fourth-order valence-electron chi connectivity index (χ4n) is 1.12. The average Bonchev–Trinajstić information content (AvgIpc) is 2.07. The molecule has 14 heavy (non-hydrogen) atoms. The first kappa shape index (κ1) is 15.4. The number of benzene rings is 1. The molecule has 0 saturated carbocycles. The van der Waals surface area contributed by atoms with Crippen LogP contribution in [0.15, 0.2) is 30.3 Å². The molecular formula is C9H15ClN2O2. The molecule has 0 saturated heterocycles. The highest BCUT2D eigenvalue weighted by Gasteiger charge is 2.13. The molecule has 1 rings (SSSR count). The summed E-state index contributed by atoms with van der Waals surface area (Å²) < 4.78 is 0. The number of nitrogens with one attached hydrogen (secondary N) is 1. The van der Waals surface area contributed by atoms with E-state index in [1.54, 1.807) is 7.05 Å². The normalized spacial score (nSPS) is 10.6. The summed E-state index contributed by atoms with van der Waals surface area (Å²) in [6, 6.07) is 9.01. The third-order valence-electron chi connectivity index (χ3n) is 1.71. The van der Waals surface area contributed by atoms with Crippen LogP contribution in [0.1, 0.15) is 11.6 Å². The van der Waals surface area contributed by atoms with E-state index in [4.69, 9.17) is 5.73 Å². The maximum Gasteiger partial charge on any atom is 0.239 e. The van der Waals surface area contributed by atoms with Gasteiger partial charge in [-0.05, 0) is 12.6 Å². The average molecular weight is 219 g/mol. The van der Waals surface area contributed by atoms with Crippen LogP contribution in [0.25, 0.3) is 0 Å². The minimum Gasteiger partial charge on any atom is -0.412 e. The Morgan fingerprint density at radius 1 is 1.36 bits per heavy atom. The Labute approximate surface area is 89.2 Å². The van der Waals surface area contributed by atoms with E-state index < -0.39 is 0 Å². The van der Waals surface area contributed by atoms with E-state index in [-0.39, 0.29) is 29.8 Å². The van der Waals surface area contributed by atoms with E-state index in [9.17, 15) is 4.79 Å². The second-order valence-corrected chi connectivity index (χ2v) is 2.53. The van der Waals surface area contributed by atoms with Crippen molar-refractivity contribution < 1.29 is 10.3 Å². The summed E-state index contributed by atoms with van der Waals surface area (Å²) in [4.78, 5) is 10.9. The zero-order valence-corrected chi connectivity index (χ0v) is 8.67. The van der Waals surface area contributed by atoms with Crippen LogP contribution in [0, 0.1) is 0 Å². The van der Waals surface area contributed by atoms with Crippen LogP contribution in [0.3, 0.4) is 0 Å². The van der Waals surface area contributed by atoms with Gasteiger partial charge in [0.2, 0.25) is 5.91 Å². The van der Waals surface area contributed by atoms with Crippen LogP contribution in [0.2, 0.25) is 0 Å². The standard InChI is InChI=1S/C9H12N2O.ClH.H2O/c1-11-8(9(10)12)7-5-3-2-4-6-7;;/h2-6,8,11H,1H3,(H2,10,12);1H;1H2. The summed E-state index contributed by atoms with van der Waals surface area (Å²) in [5, 5.41) is 2.84. The summed E-state index contributed by atoms with van der Waals surface area (Å²) in [5.74, 6) is -0.358. The first-order valence-electron chi connectivity index (χ1n) is 3.77. The molecule has 0 spiro atoms. The van der Waals surface area contributed by atoms with Crippen LogP contribution in [0.5, 0.6) is 0 Å². The highest BCUT2D eigenvalue weighted by Crippen LogP contribution is 2.10. The zero-order chi connectivity index (χ0) is 8.97. The highest BCUT2D eigenvalue weighted by molar-refractivity contribution is 5.85. The molecule has 0 aromatic heterocycles. The molecule has 0 heterocycles. The molecule has 0 aliphatic carbocycles. The fraction of sp³-hybridized carbons (Fsp3) is 0.222. The van der Waals surface area contributed by atoms with E-state index in [0.29, 0.717) is 0 Å². The van der Waals surface area contributed by atoms with Crippen molar-refractivity contribution in [3.8, 4) is 0 Å². The topological polar surface area (TPSA) is 86.6 Å². The number of likely N-dealkylation sites (N-methyl/N-ethyl adjacent to an activating group) is 1. The largest absolute Gasteiger partial charge is 0.412 e. The maximum atomic E-state index is 10.9. The lowest BCUT2D eigenvalue weighted by atomic mass is 10.1. The molecule has 1 aromatic rings. The van der Waals surface area contributed by atoms with Gasteiger partial charge in [-0.1, -0.05) is 30.3 Å². The molecule has 0 bridgehead atoms. The van der Waals surface area contributed by atoms with Crippen molar-refractivity contribution >= 4 is 18.3 Å². The number of carbonyl (C=O) groups is 1. The third kappa shape index (κ3) is 3.74. The molecule has 0 aliphatic rings. The molecule has 4 nitrogen and oxygen atoms in total. The second kappa shape index (κ2) is 7.32. The molecule has 5 heteroatoms. The van der Waals surface area contributed by atoms with Crippen molar-refractivity contribution in [3.05, 3.63) is 35.9 Å². The second-order valence-electron chi connectivity index (χ2n) is 2.53.